The molecule has 146 valence electrons. The number of halogens is 1. The van der Waals surface area contributed by atoms with Gasteiger partial charge in [-0.3, -0.25) is 4.79 Å². The number of fused-ring (bicyclic) bond motifs is 5. The van der Waals surface area contributed by atoms with Crippen molar-refractivity contribution >= 4 is 11.5 Å². The van der Waals surface area contributed by atoms with Crippen molar-refractivity contribution in [1.29, 1.82) is 0 Å². The van der Waals surface area contributed by atoms with Crippen LogP contribution in [0.2, 0.25) is 0 Å². The maximum absolute atomic E-state index is 13.5. The van der Waals surface area contributed by atoms with Gasteiger partial charge in [0.25, 0.3) is 0 Å². The minimum Gasteiger partial charge on any atom is -0.454 e. The van der Waals surface area contributed by atoms with Gasteiger partial charge in [0, 0.05) is 41.4 Å². The number of ether oxygens (including phenoxy) is 2. The molecular formula is C24H20FNO3. The molecule has 0 bridgehead atoms. The first-order valence-electron chi connectivity index (χ1n) is 10.1. The van der Waals surface area contributed by atoms with Crippen LogP contribution in [0, 0.1) is 5.82 Å². The normalized spacial score (nSPS) is 22.1. The predicted octanol–water partition coefficient (Wildman–Crippen LogP) is 4.56. The number of hydrogen-bond donors (Lipinski definition) is 0. The predicted molar refractivity (Wildman–Crippen MR) is 106 cm³/mol. The van der Waals surface area contributed by atoms with Gasteiger partial charge in [-0.05, 0) is 60.7 Å². The second-order valence-electron chi connectivity index (χ2n) is 7.98. The highest BCUT2D eigenvalue weighted by atomic mass is 19.1. The summed E-state index contributed by atoms with van der Waals surface area (Å²) in [5, 5.41) is 0. The lowest BCUT2D eigenvalue weighted by molar-refractivity contribution is -0.116. The van der Waals surface area contributed by atoms with Crippen molar-refractivity contribution in [2.24, 2.45) is 0 Å². The fourth-order valence-electron chi connectivity index (χ4n) is 5.04. The van der Waals surface area contributed by atoms with E-state index >= 15 is 0 Å². The summed E-state index contributed by atoms with van der Waals surface area (Å²) in [6.07, 6.45) is 5.44. The summed E-state index contributed by atoms with van der Waals surface area (Å²) in [6, 6.07) is 10.7. The van der Waals surface area contributed by atoms with E-state index < -0.39 is 0 Å². The number of nitrogens with zero attached hydrogens (tertiary/aromatic N) is 1. The molecule has 0 spiro atoms. The Balaban J connectivity index is 1.54. The molecule has 0 amide bonds. The molecule has 0 fully saturated rings. The van der Waals surface area contributed by atoms with Crippen LogP contribution in [0.5, 0.6) is 11.5 Å². The minimum absolute atomic E-state index is 0.152. The van der Waals surface area contributed by atoms with Crippen molar-refractivity contribution in [1.82, 2.24) is 4.90 Å². The summed E-state index contributed by atoms with van der Waals surface area (Å²) in [4.78, 5) is 15.2. The van der Waals surface area contributed by atoms with Crippen molar-refractivity contribution in [3.05, 3.63) is 76.3 Å². The maximum atomic E-state index is 13.5. The molecule has 6 rings (SSSR count). The molecule has 1 atom stereocenters. The van der Waals surface area contributed by atoms with E-state index in [1.165, 1.54) is 17.7 Å². The number of benzene rings is 2. The van der Waals surface area contributed by atoms with Gasteiger partial charge in [0.2, 0.25) is 6.79 Å². The van der Waals surface area contributed by atoms with E-state index in [1.807, 2.05) is 0 Å². The summed E-state index contributed by atoms with van der Waals surface area (Å²) in [5.41, 5.74) is 6.46. The molecule has 4 aliphatic rings. The quantitative estimate of drug-likeness (QED) is 0.717. The number of hydrogen-bond acceptors (Lipinski definition) is 4. The van der Waals surface area contributed by atoms with Gasteiger partial charge in [-0.1, -0.05) is 12.1 Å². The van der Waals surface area contributed by atoms with Gasteiger partial charge in [0.15, 0.2) is 17.3 Å². The van der Waals surface area contributed by atoms with Crippen LogP contribution < -0.4 is 9.47 Å². The second-order valence-corrected chi connectivity index (χ2v) is 7.98. The standard InChI is InChI=1S/C24H20FNO3/c25-16-6-4-14(5-7-16)18-11-20-17-12-23-22(28-13-29-23)10-15(17)8-9-26(20)19-2-1-3-21(27)24(18)19/h4-7,10-12,18H,1-3,8-9,13H2/t18-/m1/s1. The lowest BCUT2D eigenvalue weighted by Crippen LogP contribution is -2.36. The molecule has 2 aromatic rings. The van der Waals surface area contributed by atoms with Crippen molar-refractivity contribution in [3.63, 3.8) is 0 Å². The third kappa shape index (κ3) is 2.53. The number of Topliss-reactive ketones (excluding diaryl/α,β-unsaturated/α-hetero) is 1. The van der Waals surface area contributed by atoms with E-state index in [4.69, 9.17) is 9.47 Å². The molecule has 0 aromatic heterocycles. The SMILES string of the molecule is O=C1CCCC2=C1[C@@H](c1ccc(F)cc1)C=C1c3cc4c(cc3CCN12)OCO4. The molecule has 0 saturated carbocycles. The smallest absolute Gasteiger partial charge is 0.231 e. The molecule has 0 unspecified atom stereocenters. The number of ketones is 1. The van der Waals surface area contributed by atoms with Crippen LogP contribution in [0.1, 0.15) is 41.9 Å². The summed E-state index contributed by atoms with van der Waals surface area (Å²) >= 11 is 0. The minimum atomic E-state index is -0.265. The first-order chi connectivity index (χ1) is 14.2. The molecular weight excluding hydrogens is 369 g/mol. The first-order valence-corrected chi connectivity index (χ1v) is 10.1. The first kappa shape index (κ1) is 16.8. The lowest BCUT2D eigenvalue weighted by atomic mass is 9.77. The Hall–Kier alpha value is -3.08. The van der Waals surface area contributed by atoms with Crippen molar-refractivity contribution in [2.75, 3.05) is 13.3 Å². The van der Waals surface area contributed by atoms with Crippen LogP contribution in [0.4, 0.5) is 4.39 Å². The monoisotopic (exact) mass is 389 g/mol. The Bertz CT molecular complexity index is 1100. The van der Waals surface area contributed by atoms with E-state index in [1.54, 1.807) is 12.1 Å². The van der Waals surface area contributed by atoms with E-state index in [9.17, 15) is 9.18 Å². The van der Waals surface area contributed by atoms with Gasteiger partial charge in [-0.2, -0.15) is 0 Å². The molecule has 0 saturated heterocycles. The van der Waals surface area contributed by atoms with Crippen molar-refractivity contribution in [2.45, 2.75) is 31.6 Å². The zero-order chi connectivity index (χ0) is 19.5. The highest BCUT2D eigenvalue weighted by Gasteiger charge is 2.38. The fraction of sp³-hybridized carbons (Fsp3) is 0.292. The summed E-state index contributed by atoms with van der Waals surface area (Å²) in [7, 11) is 0. The number of rotatable bonds is 1. The van der Waals surface area contributed by atoms with E-state index in [0.29, 0.717) is 6.42 Å². The molecule has 2 aromatic carbocycles. The Morgan fingerprint density at radius 1 is 1.00 bits per heavy atom. The molecule has 0 N–H and O–H groups in total. The molecule has 4 nitrogen and oxygen atoms in total. The third-order valence-corrected chi connectivity index (χ3v) is 6.39. The number of carbonyl (C=O) groups excluding carboxylic acids is 1. The molecule has 1 aliphatic carbocycles. The zero-order valence-corrected chi connectivity index (χ0v) is 15.9. The average Bonchev–Trinajstić information content (AvgIpc) is 3.19. The van der Waals surface area contributed by atoms with E-state index in [-0.39, 0.29) is 24.3 Å². The summed E-state index contributed by atoms with van der Waals surface area (Å²) in [5.74, 6) is 1.37. The van der Waals surface area contributed by atoms with Crippen LogP contribution in [-0.2, 0) is 11.2 Å². The summed E-state index contributed by atoms with van der Waals surface area (Å²) < 4.78 is 24.7. The number of carbonyl (C=O) groups is 1. The number of allylic oxidation sites excluding steroid dienone is 3. The molecule has 3 heterocycles. The Morgan fingerprint density at radius 2 is 1.79 bits per heavy atom. The van der Waals surface area contributed by atoms with Gasteiger partial charge < -0.3 is 14.4 Å². The van der Waals surface area contributed by atoms with Crippen LogP contribution in [-0.4, -0.2) is 24.0 Å². The van der Waals surface area contributed by atoms with Gasteiger partial charge in [-0.15, -0.1) is 0 Å². The zero-order valence-electron chi connectivity index (χ0n) is 15.9. The summed E-state index contributed by atoms with van der Waals surface area (Å²) in [6.45, 7) is 1.10. The molecule has 0 radical (unpaired) electrons. The third-order valence-electron chi connectivity index (χ3n) is 6.39. The van der Waals surface area contributed by atoms with Crippen molar-refractivity contribution in [3.8, 4) is 11.5 Å². The van der Waals surface area contributed by atoms with Gasteiger partial charge in [0.05, 0.1) is 0 Å². The topological polar surface area (TPSA) is 38.8 Å². The molecule has 29 heavy (non-hydrogen) atoms. The Morgan fingerprint density at radius 3 is 2.62 bits per heavy atom. The Kier molecular flexibility index (Phi) is 3.60. The van der Waals surface area contributed by atoms with Gasteiger partial charge >= 0.3 is 0 Å². The molecule has 3 aliphatic heterocycles. The van der Waals surface area contributed by atoms with Crippen LogP contribution >= 0.6 is 0 Å². The maximum Gasteiger partial charge on any atom is 0.231 e. The van der Waals surface area contributed by atoms with E-state index in [2.05, 4.69) is 23.1 Å². The van der Waals surface area contributed by atoms with Gasteiger partial charge in [0.1, 0.15) is 5.82 Å². The lowest BCUT2D eigenvalue weighted by Gasteiger charge is -2.42. The van der Waals surface area contributed by atoms with Crippen molar-refractivity contribution < 1.29 is 18.7 Å². The Labute approximate surface area is 168 Å². The van der Waals surface area contributed by atoms with Crippen LogP contribution in [0.25, 0.3) is 5.70 Å². The highest BCUT2D eigenvalue weighted by Crippen LogP contribution is 2.48. The largest absolute Gasteiger partial charge is 0.454 e. The average molecular weight is 389 g/mol. The van der Waals surface area contributed by atoms with Crippen LogP contribution in [0.15, 0.2) is 53.7 Å². The fourth-order valence-corrected chi connectivity index (χ4v) is 5.04. The molecule has 5 heteroatoms. The second kappa shape index (κ2) is 6.21. The van der Waals surface area contributed by atoms with E-state index in [0.717, 1.165) is 65.4 Å². The van der Waals surface area contributed by atoms with Crippen LogP contribution in [0.3, 0.4) is 0 Å². The van der Waals surface area contributed by atoms with Gasteiger partial charge in [-0.25, -0.2) is 4.39 Å². The highest BCUT2D eigenvalue weighted by molar-refractivity contribution is 6.00.